The lowest BCUT2D eigenvalue weighted by molar-refractivity contribution is -0.671. The number of aryl methyl sites for hydroxylation is 2. The Kier molecular flexibility index (Phi) is 8.83. The van der Waals surface area contributed by atoms with E-state index in [2.05, 4.69) is 9.88 Å². The van der Waals surface area contributed by atoms with Crippen molar-refractivity contribution in [1.29, 1.82) is 0 Å². The Balaban J connectivity index is 0.00000306. The number of hydrogen-bond donors (Lipinski definition) is 2. The summed E-state index contributed by atoms with van der Waals surface area (Å²) in [6, 6.07) is 19.1. The molecule has 0 bridgehead atoms. The van der Waals surface area contributed by atoms with E-state index in [4.69, 9.17) is 4.74 Å². The molecule has 0 unspecified atom stereocenters. The average Bonchev–Trinajstić information content (AvgIpc) is 3.46. The monoisotopic (exact) mass is 513 g/mol. The number of imidazole rings is 1. The predicted molar refractivity (Wildman–Crippen MR) is 122 cm³/mol. The number of rotatable bonds is 9. The first-order valence-electron chi connectivity index (χ1n) is 11.3. The van der Waals surface area contributed by atoms with E-state index in [1.165, 1.54) is 0 Å². The lowest BCUT2D eigenvalue weighted by atomic mass is 9.79. The highest BCUT2D eigenvalue weighted by atomic mass is 79.9. The largest absolute Gasteiger partial charge is 1.00 e. The maximum absolute atomic E-state index is 12.4. The van der Waals surface area contributed by atoms with Gasteiger partial charge >= 0.3 is 5.97 Å². The molecule has 0 spiro atoms. The van der Waals surface area contributed by atoms with Crippen molar-refractivity contribution in [2.75, 3.05) is 6.54 Å². The quantitative estimate of drug-likeness (QED) is 0.234. The van der Waals surface area contributed by atoms with Gasteiger partial charge in [0, 0.05) is 25.4 Å². The molecule has 2 heterocycles. The van der Waals surface area contributed by atoms with Crippen molar-refractivity contribution in [3.05, 3.63) is 90.5 Å². The summed E-state index contributed by atoms with van der Waals surface area (Å²) in [5.74, 6) is -0.168. The van der Waals surface area contributed by atoms with E-state index in [-0.39, 0.29) is 35.1 Å². The van der Waals surface area contributed by atoms with Gasteiger partial charge in [0.05, 0.1) is 13.6 Å². The van der Waals surface area contributed by atoms with Gasteiger partial charge in [0.15, 0.2) is 0 Å². The second-order valence-corrected chi connectivity index (χ2v) is 8.58. The molecule has 0 saturated carbocycles. The van der Waals surface area contributed by atoms with Gasteiger partial charge in [0.1, 0.15) is 24.1 Å². The second kappa shape index (κ2) is 11.6. The van der Waals surface area contributed by atoms with Crippen LogP contribution in [0.1, 0.15) is 36.8 Å². The number of carbonyl (C=O) groups excluding carboxylic acids is 1. The van der Waals surface area contributed by atoms with Gasteiger partial charge in [-0.3, -0.25) is 4.79 Å². The first-order valence-corrected chi connectivity index (χ1v) is 11.3. The van der Waals surface area contributed by atoms with E-state index < -0.39 is 5.60 Å². The number of nitrogens with zero attached hydrogens (tertiary/aromatic N) is 2. The van der Waals surface area contributed by atoms with Crippen LogP contribution in [-0.2, 0) is 28.7 Å². The molecule has 1 aliphatic heterocycles. The highest BCUT2D eigenvalue weighted by Crippen LogP contribution is 2.37. The molecule has 2 atom stereocenters. The number of unbranched alkanes of at least 4 members (excludes halogenated alkanes) is 1. The number of hydrogen-bond acceptors (Lipinski definition) is 4. The fourth-order valence-corrected chi connectivity index (χ4v) is 4.51. The highest BCUT2D eigenvalue weighted by Gasteiger charge is 2.44. The standard InChI is InChI=1S/C26H32N3O3.BrH/c1-28-16-17-29(20-28)15-9-8-14-25(30)32-23-18-24(27-19-23)26(31,21-10-4-2-5-11-21)22-12-6-3-7-13-22;/h2-7,10-13,16-17,20,23-24,27,31H,8-9,14-15,18-19H2,1H3;1H/q+1;/p-1/t23-,24+;/m1./s1. The fraction of sp³-hybridized carbons (Fsp3) is 0.385. The number of halogens is 1. The van der Waals surface area contributed by atoms with Crippen LogP contribution in [-0.4, -0.2) is 34.3 Å². The van der Waals surface area contributed by atoms with Crippen LogP contribution in [0, 0.1) is 0 Å². The van der Waals surface area contributed by atoms with E-state index in [0.717, 1.165) is 30.5 Å². The fourth-order valence-electron chi connectivity index (χ4n) is 4.51. The van der Waals surface area contributed by atoms with Gasteiger partial charge in [-0.15, -0.1) is 0 Å². The molecule has 2 aromatic carbocycles. The molecular formula is C26H32BrN3O3. The van der Waals surface area contributed by atoms with Gasteiger partial charge in [-0.25, -0.2) is 9.13 Å². The van der Waals surface area contributed by atoms with Crippen molar-refractivity contribution in [3.8, 4) is 0 Å². The SMILES string of the molecule is C[n+]1ccn(CCCCC(=O)O[C@H]2CN[C@H](C(O)(c3ccccc3)c3ccccc3)C2)c1.[Br-]. The number of aliphatic hydroxyl groups is 1. The third kappa shape index (κ3) is 6.10. The minimum Gasteiger partial charge on any atom is -1.00 e. The average molecular weight is 514 g/mol. The highest BCUT2D eigenvalue weighted by molar-refractivity contribution is 5.69. The van der Waals surface area contributed by atoms with Gasteiger partial charge in [-0.1, -0.05) is 60.7 Å². The van der Waals surface area contributed by atoms with Crippen molar-refractivity contribution < 1.29 is 36.2 Å². The molecule has 0 amide bonds. The maximum atomic E-state index is 12.4. The number of esters is 1. The number of carbonyl (C=O) groups is 1. The van der Waals surface area contributed by atoms with Gasteiger partial charge in [-0.2, -0.15) is 0 Å². The summed E-state index contributed by atoms with van der Waals surface area (Å²) in [5.41, 5.74) is 0.458. The summed E-state index contributed by atoms with van der Waals surface area (Å²) >= 11 is 0. The minimum absolute atomic E-state index is 0. The third-order valence-electron chi connectivity index (χ3n) is 6.19. The van der Waals surface area contributed by atoms with Crippen molar-refractivity contribution in [2.24, 2.45) is 7.05 Å². The molecular weight excluding hydrogens is 482 g/mol. The van der Waals surface area contributed by atoms with Gasteiger partial charge < -0.3 is 32.1 Å². The predicted octanol–water partition coefficient (Wildman–Crippen LogP) is -0.303. The van der Waals surface area contributed by atoms with Gasteiger partial charge in [0.25, 0.3) is 0 Å². The zero-order valence-electron chi connectivity index (χ0n) is 18.9. The molecule has 176 valence electrons. The minimum atomic E-state index is -1.20. The number of benzene rings is 2. The molecule has 1 aromatic heterocycles. The smallest absolute Gasteiger partial charge is 0.306 e. The first kappa shape index (κ1) is 25.1. The molecule has 0 radical (unpaired) electrons. The van der Waals surface area contributed by atoms with E-state index in [9.17, 15) is 9.90 Å². The summed E-state index contributed by atoms with van der Waals surface area (Å²) in [6.45, 7) is 1.43. The van der Waals surface area contributed by atoms with Crippen LogP contribution in [0.3, 0.4) is 0 Å². The summed E-state index contributed by atoms with van der Waals surface area (Å²) in [6.07, 6.45) is 8.52. The summed E-state index contributed by atoms with van der Waals surface area (Å²) < 4.78 is 9.86. The molecule has 33 heavy (non-hydrogen) atoms. The van der Waals surface area contributed by atoms with Crippen molar-refractivity contribution in [1.82, 2.24) is 9.88 Å². The molecule has 1 saturated heterocycles. The Bertz CT molecular complexity index is 970. The molecule has 2 N–H and O–H groups in total. The summed E-state index contributed by atoms with van der Waals surface area (Å²) in [7, 11) is 1.99. The molecule has 4 rings (SSSR count). The van der Waals surface area contributed by atoms with E-state index >= 15 is 0 Å². The van der Waals surface area contributed by atoms with Crippen LogP contribution in [0.2, 0.25) is 0 Å². The van der Waals surface area contributed by atoms with E-state index in [1.807, 2.05) is 91.0 Å². The molecule has 1 aliphatic rings. The number of ether oxygens (including phenoxy) is 1. The first-order chi connectivity index (χ1) is 15.6. The Morgan fingerprint density at radius 3 is 2.33 bits per heavy atom. The Morgan fingerprint density at radius 2 is 1.76 bits per heavy atom. The van der Waals surface area contributed by atoms with Crippen LogP contribution in [0.5, 0.6) is 0 Å². The number of nitrogens with one attached hydrogen (secondary N) is 1. The third-order valence-corrected chi connectivity index (χ3v) is 6.19. The van der Waals surface area contributed by atoms with E-state index in [1.54, 1.807) is 0 Å². The van der Waals surface area contributed by atoms with Crippen molar-refractivity contribution in [3.63, 3.8) is 0 Å². The molecule has 7 heteroatoms. The van der Waals surface area contributed by atoms with E-state index in [0.29, 0.717) is 19.4 Å². The zero-order chi connectivity index (χ0) is 22.4. The molecule has 0 aliphatic carbocycles. The van der Waals surface area contributed by atoms with Crippen LogP contribution in [0.15, 0.2) is 79.4 Å². The topological polar surface area (TPSA) is 67.4 Å². The van der Waals surface area contributed by atoms with Gasteiger partial charge in [0.2, 0.25) is 6.33 Å². The lowest BCUT2D eigenvalue weighted by Crippen LogP contribution is -3.00. The Labute approximate surface area is 206 Å². The molecule has 3 aromatic rings. The van der Waals surface area contributed by atoms with Crippen LogP contribution in [0.25, 0.3) is 0 Å². The van der Waals surface area contributed by atoms with Crippen molar-refractivity contribution >= 4 is 5.97 Å². The summed E-state index contributed by atoms with van der Waals surface area (Å²) in [4.78, 5) is 12.4. The lowest BCUT2D eigenvalue weighted by Gasteiger charge is -2.35. The molecule has 6 nitrogen and oxygen atoms in total. The van der Waals surface area contributed by atoms with Crippen LogP contribution < -0.4 is 26.9 Å². The van der Waals surface area contributed by atoms with Crippen LogP contribution in [0.4, 0.5) is 0 Å². The number of aromatic nitrogens is 2. The van der Waals surface area contributed by atoms with Crippen LogP contribution >= 0.6 is 0 Å². The Hall–Kier alpha value is -2.48. The zero-order valence-corrected chi connectivity index (χ0v) is 20.5. The van der Waals surface area contributed by atoms with Crippen molar-refractivity contribution in [2.45, 2.75) is 50.0 Å². The second-order valence-electron chi connectivity index (χ2n) is 8.58. The molecule has 1 fully saturated rings. The van der Waals surface area contributed by atoms with Gasteiger partial charge in [-0.05, 0) is 24.0 Å². The Morgan fingerprint density at radius 1 is 1.12 bits per heavy atom. The summed E-state index contributed by atoms with van der Waals surface area (Å²) in [5, 5.41) is 15.3. The maximum Gasteiger partial charge on any atom is 0.306 e. The normalized spacial score (nSPS) is 18.0.